The third-order valence-corrected chi connectivity index (χ3v) is 3.88. The summed E-state index contributed by atoms with van der Waals surface area (Å²) in [4.78, 5) is 11.8. The Kier molecular flexibility index (Phi) is 3.92. The minimum atomic E-state index is -0.248. The van der Waals surface area contributed by atoms with E-state index in [1.165, 1.54) is 0 Å². The van der Waals surface area contributed by atoms with E-state index in [1.807, 2.05) is 29.5 Å². The quantitative estimate of drug-likeness (QED) is 0.826. The van der Waals surface area contributed by atoms with Gasteiger partial charge < -0.3 is 10.1 Å². The van der Waals surface area contributed by atoms with Gasteiger partial charge in [-0.3, -0.25) is 14.2 Å². The molecular weight excluding hydrogens is 270 g/mol. The lowest BCUT2D eigenvalue weighted by atomic mass is 10.2. The van der Waals surface area contributed by atoms with Crippen LogP contribution < -0.4 is 5.32 Å². The molecule has 0 aliphatic carbocycles. The highest BCUT2D eigenvalue weighted by Gasteiger charge is 2.22. The molecule has 0 aromatic carbocycles. The lowest BCUT2D eigenvalue weighted by molar-refractivity contribution is -0.130. The van der Waals surface area contributed by atoms with Crippen LogP contribution >= 0.6 is 0 Å². The van der Waals surface area contributed by atoms with Gasteiger partial charge in [-0.05, 0) is 26.2 Å². The van der Waals surface area contributed by atoms with Crippen LogP contribution in [0, 0.1) is 6.92 Å². The van der Waals surface area contributed by atoms with Crippen molar-refractivity contribution < 1.29 is 9.53 Å². The highest BCUT2D eigenvalue weighted by Crippen LogP contribution is 2.16. The van der Waals surface area contributed by atoms with Gasteiger partial charge in [0.1, 0.15) is 17.1 Å². The maximum atomic E-state index is 11.8. The molecule has 21 heavy (non-hydrogen) atoms. The van der Waals surface area contributed by atoms with Crippen molar-refractivity contribution >= 4 is 16.9 Å². The van der Waals surface area contributed by atoms with Gasteiger partial charge in [-0.25, -0.2) is 0 Å². The summed E-state index contributed by atoms with van der Waals surface area (Å²) < 4.78 is 9.15. The first-order valence-electron chi connectivity index (χ1n) is 7.41. The van der Waals surface area contributed by atoms with Gasteiger partial charge in [0.25, 0.3) is 0 Å². The van der Waals surface area contributed by atoms with Gasteiger partial charge in [0.2, 0.25) is 5.91 Å². The standard InChI is InChI=1S/C14H21N5O2/c1-10-13-11(18(2)17-10)9-16-19(13)7-4-6-15-14(20)12-5-3-8-21-12/h9,12H,3-8H2,1-2H3,(H,15,20). The topological polar surface area (TPSA) is 74.0 Å². The Balaban J connectivity index is 1.51. The van der Waals surface area contributed by atoms with Gasteiger partial charge >= 0.3 is 0 Å². The van der Waals surface area contributed by atoms with E-state index in [-0.39, 0.29) is 12.0 Å². The Morgan fingerprint density at radius 2 is 2.43 bits per heavy atom. The van der Waals surface area contributed by atoms with E-state index in [2.05, 4.69) is 15.5 Å². The normalized spacial score (nSPS) is 18.5. The van der Waals surface area contributed by atoms with Gasteiger partial charge in [-0.1, -0.05) is 0 Å². The lowest BCUT2D eigenvalue weighted by Gasteiger charge is -2.10. The van der Waals surface area contributed by atoms with Crippen LogP contribution in [0.1, 0.15) is 25.0 Å². The first kappa shape index (κ1) is 14.1. The molecule has 1 N–H and O–H groups in total. The summed E-state index contributed by atoms with van der Waals surface area (Å²) in [5, 5.41) is 11.7. The molecule has 0 radical (unpaired) electrons. The molecule has 2 aromatic heterocycles. The summed E-state index contributed by atoms with van der Waals surface area (Å²) in [6.45, 7) is 4.09. The van der Waals surface area contributed by atoms with Crippen molar-refractivity contribution in [2.24, 2.45) is 7.05 Å². The van der Waals surface area contributed by atoms with Crippen molar-refractivity contribution in [1.82, 2.24) is 24.9 Å². The number of amides is 1. The second-order valence-corrected chi connectivity index (χ2v) is 5.46. The monoisotopic (exact) mass is 291 g/mol. The molecule has 0 bridgehead atoms. The van der Waals surface area contributed by atoms with Crippen LogP contribution in [0.3, 0.4) is 0 Å². The number of fused-ring (bicyclic) bond motifs is 1. The molecule has 1 atom stereocenters. The summed E-state index contributed by atoms with van der Waals surface area (Å²) in [5.41, 5.74) is 3.09. The number of carbonyl (C=O) groups is 1. The molecule has 1 unspecified atom stereocenters. The molecule has 2 aromatic rings. The van der Waals surface area contributed by atoms with E-state index in [4.69, 9.17) is 4.74 Å². The van der Waals surface area contributed by atoms with Gasteiger partial charge in [0.05, 0.1) is 11.9 Å². The van der Waals surface area contributed by atoms with Crippen LogP contribution in [-0.2, 0) is 23.1 Å². The van der Waals surface area contributed by atoms with Crippen molar-refractivity contribution in [3.8, 4) is 0 Å². The largest absolute Gasteiger partial charge is 0.368 e. The third-order valence-electron chi connectivity index (χ3n) is 3.88. The fraction of sp³-hybridized carbons (Fsp3) is 0.643. The second kappa shape index (κ2) is 5.85. The van der Waals surface area contributed by atoms with E-state index >= 15 is 0 Å². The third kappa shape index (κ3) is 2.78. The minimum absolute atomic E-state index is 0.00988. The Morgan fingerprint density at radius 3 is 3.19 bits per heavy atom. The van der Waals surface area contributed by atoms with Gasteiger partial charge in [0, 0.05) is 26.7 Å². The number of hydrogen-bond donors (Lipinski definition) is 1. The summed E-state index contributed by atoms with van der Waals surface area (Å²) in [6.07, 6.45) is 4.23. The number of ether oxygens (including phenoxy) is 1. The Labute approximate surface area is 123 Å². The highest BCUT2D eigenvalue weighted by molar-refractivity contribution is 5.81. The molecule has 1 saturated heterocycles. The van der Waals surface area contributed by atoms with Crippen LogP contribution in [0.5, 0.6) is 0 Å². The Bertz CT molecular complexity index is 639. The average Bonchev–Trinajstić information content (AvgIpc) is 3.15. The van der Waals surface area contributed by atoms with Crippen molar-refractivity contribution in [2.45, 2.75) is 38.8 Å². The maximum absolute atomic E-state index is 11.8. The summed E-state index contributed by atoms with van der Waals surface area (Å²) in [5.74, 6) is 0.00988. The molecule has 1 amide bonds. The van der Waals surface area contributed by atoms with Gasteiger partial charge in [0.15, 0.2) is 0 Å². The van der Waals surface area contributed by atoms with Crippen LogP contribution in [0.4, 0.5) is 0 Å². The van der Waals surface area contributed by atoms with Crippen molar-refractivity contribution in [3.05, 3.63) is 11.9 Å². The molecule has 1 aliphatic heterocycles. The number of nitrogens with one attached hydrogen (secondary N) is 1. The zero-order valence-corrected chi connectivity index (χ0v) is 12.5. The molecule has 3 heterocycles. The zero-order chi connectivity index (χ0) is 14.8. The number of hydrogen-bond acceptors (Lipinski definition) is 4. The molecule has 1 fully saturated rings. The molecule has 7 nitrogen and oxygen atoms in total. The van der Waals surface area contributed by atoms with Crippen LogP contribution in [0.25, 0.3) is 11.0 Å². The molecule has 0 spiro atoms. The number of aromatic nitrogens is 4. The number of rotatable bonds is 5. The van der Waals surface area contributed by atoms with E-state index in [1.54, 1.807) is 0 Å². The van der Waals surface area contributed by atoms with Crippen LogP contribution in [0.2, 0.25) is 0 Å². The number of nitrogens with zero attached hydrogens (tertiary/aromatic N) is 4. The predicted octanol–water partition coefficient (Wildman–Crippen LogP) is 0.764. The Hall–Kier alpha value is -1.89. The van der Waals surface area contributed by atoms with E-state index < -0.39 is 0 Å². The first-order valence-corrected chi connectivity index (χ1v) is 7.41. The highest BCUT2D eigenvalue weighted by atomic mass is 16.5. The first-order chi connectivity index (χ1) is 10.2. The van der Waals surface area contributed by atoms with E-state index in [0.717, 1.165) is 42.5 Å². The van der Waals surface area contributed by atoms with E-state index in [0.29, 0.717) is 13.2 Å². The maximum Gasteiger partial charge on any atom is 0.249 e. The van der Waals surface area contributed by atoms with Gasteiger partial charge in [-0.2, -0.15) is 10.2 Å². The van der Waals surface area contributed by atoms with Crippen molar-refractivity contribution in [1.29, 1.82) is 0 Å². The molecule has 1 aliphatic rings. The van der Waals surface area contributed by atoms with Gasteiger partial charge in [-0.15, -0.1) is 0 Å². The molecule has 114 valence electrons. The summed E-state index contributed by atoms with van der Waals surface area (Å²) in [6, 6.07) is 0. The van der Waals surface area contributed by atoms with Crippen molar-refractivity contribution in [3.63, 3.8) is 0 Å². The summed E-state index contributed by atoms with van der Waals surface area (Å²) in [7, 11) is 1.92. The van der Waals surface area contributed by atoms with Crippen LogP contribution in [0.15, 0.2) is 6.20 Å². The predicted molar refractivity (Wildman–Crippen MR) is 77.8 cm³/mol. The second-order valence-electron chi connectivity index (χ2n) is 5.46. The fourth-order valence-corrected chi connectivity index (χ4v) is 2.82. The average molecular weight is 291 g/mol. The Morgan fingerprint density at radius 1 is 1.57 bits per heavy atom. The number of carbonyl (C=O) groups excluding carboxylic acids is 1. The molecule has 3 rings (SSSR count). The zero-order valence-electron chi connectivity index (χ0n) is 12.5. The molecule has 0 saturated carbocycles. The van der Waals surface area contributed by atoms with E-state index in [9.17, 15) is 4.79 Å². The lowest BCUT2D eigenvalue weighted by Crippen LogP contribution is -2.35. The van der Waals surface area contributed by atoms with Crippen molar-refractivity contribution in [2.75, 3.05) is 13.2 Å². The molecular formula is C14H21N5O2. The fourth-order valence-electron chi connectivity index (χ4n) is 2.82. The summed E-state index contributed by atoms with van der Waals surface area (Å²) >= 11 is 0. The molecule has 7 heteroatoms. The number of aryl methyl sites for hydroxylation is 3. The van der Waals surface area contributed by atoms with Crippen LogP contribution in [-0.4, -0.2) is 44.7 Å². The smallest absolute Gasteiger partial charge is 0.249 e. The minimum Gasteiger partial charge on any atom is -0.368 e. The SMILES string of the molecule is Cc1nn(C)c2cnn(CCCNC(=O)C3CCCO3)c12.